The van der Waals surface area contributed by atoms with E-state index >= 15 is 4.39 Å². The molecule has 1 aromatic carbocycles. The molecule has 5 rings (SSSR count). The summed E-state index contributed by atoms with van der Waals surface area (Å²) in [7, 11) is 0. The van der Waals surface area contributed by atoms with E-state index in [2.05, 4.69) is 37.3 Å². The van der Waals surface area contributed by atoms with E-state index in [0.717, 1.165) is 29.5 Å². The van der Waals surface area contributed by atoms with Crippen LogP contribution in [0.4, 0.5) is 4.39 Å². The third-order valence-electron chi connectivity index (χ3n) is 6.08. The van der Waals surface area contributed by atoms with Crippen molar-refractivity contribution < 1.29 is 9.18 Å². The molecule has 1 fully saturated rings. The van der Waals surface area contributed by atoms with E-state index in [1.54, 1.807) is 10.9 Å². The molecule has 32 heavy (non-hydrogen) atoms. The van der Waals surface area contributed by atoms with Gasteiger partial charge in [-0.2, -0.15) is 0 Å². The number of benzene rings is 1. The summed E-state index contributed by atoms with van der Waals surface area (Å²) in [5, 5.41) is 8.20. The molecule has 2 aliphatic rings. The summed E-state index contributed by atoms with van der Waals surface area (Å²) in [5.74, 6) is -0.427. The number of nitrogens with zero attached hydrogens (tertiary/aromatic N) is 5. The van der Waals surface area contributed by atoms with Crippen molar-refractivity contribution in [2.24, 2.45) is 0 Å². The van der Waals surface area contributed by atoms with Crippen LogP contribution >= 0.6 is 15.9 Å². The number of rotatable bonds is 4. The van der Waals surface area contributed by atoms with E-state index in [-0.39, 0.29) is 29.8 Å². The first-order chi connectivity index (χ1) is 15.3. The lowest BCUT2D eigenvalue weighted by atomic mass is 9.90. The molecule has 0 saturated carbocycles. The molecule has 9 nitrogen and oxygen atoms in total. The molecular weight excluding hydrogens is 483 g/mol. The van der Waals surface area contributed by atoms with Gasteiger partial charge in [0, 0.05) is 6.20 Å². The van der Waals surface area contributed by atoms with Gasteiger partial charge in [0.15, 0.2) is 5.67 Å². The number of nitrogens with one attached hydrogen (secondary N) is 1. The van der Waals surface area contributed by atoms with Crippen LogP contribution in [0.1, 0.15) is 29.7 Å². The molecule has 2 aromatic heterocycles. The lowest BCUT2D eigenvalue weighted by molar-refractivity contribution is -0.147. The minimum Gasteiger partial charge on any atom is -0.334 e. The number of carbonyl (C=O) groups is 1. The smallest absolute Gasteiger partial charge is 0.328 e. The lowest BCUT2D eigenvalue weighted by Crippen LogP contribution is -2.60. The van der Waals surface area contributed by atoms with Gasteiger partial charge in [-0.3, -0.25) is 19.1 Å². The number of halogens is 2. The number of fused-ring (bicyclic) bond motifs is 1. The molecule has 1 N–H and O–H groups in total. The molecule has 1 aliphatic carbocycles. The fourth-order valence-corrected chi connectivity index (χ4v) is 4.65. The number of carbonyl (C=O) groups excluding carboxylic acids is 1. The molecule has 0 atom stereocenters. The van der Waals surface area contributed by atoms with Crippen LogP contribution in [-0.2, 0) is 29.8 Å². The number of H-pyrrole nitrogens is 1. The van der Waals surface area contributed by atoms with Gasteiger partial charge in [0.05, 0.1) is 29.4 Å². The molecular formula is C21H20BrFN6O3. The second-order valence-electron chi connectivity index (χ2n) is 8.25. The summed E-state index contributed by atoms with van der Waals surface area (Å²) >= 11 is 3.03. The standard InChI is InChI=1S/C21H20BrFN6O3/c22-15-8-27(20(32)24-19(15)31)10-18(30)28-11-21(23,12-28)17-9-29(26-25-17)16-7-3-5-13-4-1-2-6-14(13)16/h3,5,7-9H,1-2,4,6,10-12H2,(H,24,31,32). The molecule has 0 unspecified atom stereocenters. The maximum absolute atomic E-state index is 15.4. The zero-order valence-corrected chi connectivity index (χ0v) is 18.6. The summed E-state index contributed by atoms with van der Waals surface area (Å²) in [6.45, 7) is -0.638. The monoisotopic (exact) mass is 502 g/mol. The Hall–Kier alpha value is -3.08. The zero-order valence-electron chi connectivity index (χ0n) is 17.1. The van der Waals surface area contributed by atoms with E-state index < -0.39 is 22.8 Å². The molecule has 1 saturated heterocycles. The van der Waals surface area contributed by atoms with Crippen molar-refractivity contribution >= 4 is 21.8 Å². The minimum absolute atomic E-state index is 0.132. The highest BCUT2D eigenvalue weighted by Gasteiger charge is 2.49. The van der Waals surface area contributed by atoms with Crippen molar-refractivity contribution in [1.82, 2.24) is 29.4 Å². The van der Waals surface area contributed by atoms with Crippen molar-refractivity contribution in [3.8, 4) is 5.69 Å². The number of amides is 1. The fraction of sp³-hybridized carbons (Fsp3) is 0.381. The Labute approximate surface area is 190 Å². The predicted octanol–water partition coefficient (Wildman–Crippen LogP) is 1.47. The van der Waals surface area contributed by atoms with E-state index in [1.165, 1.54) is 28.6 Å². The number of hydrogen-bond donors (Lipinski definition) is 1. The molecule has 11 heteroatoms. The summed E-state index contributed by atoms with van der Waals surface area (Å²) in [5.41, 5.74) is 0.551. The Balaban J connectivity index is 1.30. The van der Waals surface area contributed by atoms with Crippen LogP contribution in [0.25, 0.3) is 5.69 Å². The normalized spacial score (nSPS) is 17.0. The van der Waals surface area contributed by atoms with Crippen LogP contribution < -0.4 is 11.2 Å². The Morgan fingerprint density at radius 1 is 1.19 bits per heavy atom. The SMILES string of the molecule is O=C(Cn1cc(Br)c(=O)[nH]c1=O)N1CC(F)(c2cn(-c3cccc4c3CCCC4)nn2)C1. The summed E-state index contributed by atoms with van der Waals surface area (Å²) < 4.78 is 18.2. The highest BCUT2D eigenvalue weighted by Crippen LogP contribution is 2.35. The van der Waals surface area contributed by atoms with Crippen molar-refractivity contribution in [3.63, 3.8) is 0 Å². The zero-order chi connectivity index (χ0) is 22.5. The van der Waals surface area contributed by atoms with Gasteiger partial charge < -0.3 is 4.90 Å². The first-order valence-corrected chi connectivity index (χ1v) is 11.1. The quantitative estimate of drug-likeness (QED) is 0.581. The van der Waals surface area contributed by atoms with Gasteiger partial charge in [-0.25, -0.2) is 13.9 Å². The topological polar surface area (TPSA) is 106 Å². The second kappa shape index (κ2) is 7.80. The second-order valence-corrected chi connectivity index (χ2v) is 9.10. The van der Waals surface area contributed by atoms with Gasteiger partial charge in [-0.1, -0.05) is 17.3 Å². The Morgan fingerprint density at radius 3 is 2.78 bits per heavy atom. The highest BCUT2D eigenvalue weighted by molar-refractivity contribution is 9.10. The third kappa shape index (κ3) is 3.60. The summed E-state index contributed by atoms with van der Waals surface area (Å²) in [4.78, 5) is 39.2. The number of aromatic nitrogens is 5. The van der Waals surface area contributed by atoms with Gasteiger partial charge in [0.1, 0.15) is 12.2 Å². The molecule has 1 amide bonds. The van der Waals surface area contributed by atoms with Gasteiger partial charge in [0.25, 0.3) is 5.56 Å². The molecule has 3 heterocycles. The lowest BCUT2D eigenvalue weighted by Gasteiger charge is -2.43. The number of aryl methyl sites for hydroxylation is 1. The van der Waals surface area contributed by atoms with E-state index in [9.17, 15) is 14.4 Å². The number of alkyl halides is 1. The van der Waals surface area contributed by atoms with Crippen LogP contribution in [0, 0.1) is 0 Å². The first kappa shape index (κ1) is 20.8. The number of hydrogen-bond acceptors (Lipinski definition) is 5. The maximum Gasteiger partial charge on any atom is 0.328 e. The van der Waals surface area contributed by atoms with Crippen molar-refractivity contribution in [2.75, 3.05) is 13.1 Å². The molecule has 166 valence electrons. The van der Waals surface area contributed by atoms with Gasteiger partial charge in [-0.15, -0.1) is 5.10 Å². The van der Waals surface area contributed by atoms with E-state index in [4.69, 9.17) is 0 Å². The van der Waals surface area contributed by atoms with E-state index in [1.807, 2.05) is 12.1 Å². The van der Waals surface area contributed by atoms with Crippen molar-refractivity contribution in [3.05, 3.63) is 72.7 Å². The Morgan fingerprint density at radius 2 is 1.97 bits per heavy atom. The summed E-state index contributed by atoms with van der Waals surface area (Å²) in [6, 6.07) is 6.06. The molecule has 1 aliphatic heterocycles. The summed E-state index contributed by atoms with van der Waals surface area (Å²) in [6.07, 6.45) is 7.11. The minimum atomic E-state index is -1.79. The average molecular weight is 503 g/mol. The van der Waals surface area contributed by atoms with Crippen LogP contribution in [0.15, 0.2) is 44.7 Å². The average Bonchev–Trinajstić information content (AvgIpc) is 3.25. The first-order valence-electron chi connectivity index (χ1n) is 10.3. The van der Waals surface area contributed by atoms with Crippen LogP contribution in [0.2, 0.25) is 0 Å². The molecule has 0 bridgehead atoms. The van der Waals surface area contributed by atoms with Crippen molar-refractivity contribution in [1.29, 1.82) is 0 Å². The predicted molar refractivity (Wildman–Crippen MR) is 116 cm³/mol. The molecule has 0 radical (unpaired) electrons. The Bertz CT molecular complexity index is 1320. The third-order valence-corrected chi connectivity index (χ3v) is 6.64. The number of aromatic amines is 1. The largest absolute Gasteiger partial charge is 0.334 e. The number of likely N-dealkylation sites (tertiary alicyclic amines) is 1. The van der Waals surface area contributed by atoms with Gasteiger partial charge in [-0.05, 0) is 58.8 Å². The Kier molecular flexibility index (Phi) is 5.07. The fourth-order valence-electron chi connectivity index (χ4n) is 4.31. The van der Waals surface area contributed by atoms with Crippen LogP contribution in [0.5, 0.6) is 0 Å². The van der Waals surface area contributed by atoms with Crippen molar-refractivity contribution in [2.45, 2.75) is 37.9 Å². The molecule has 0 spiro atoms. The van der Waals surface area contributed by atoms with Gasteiger partial charge >= 0.3 is 5.69 Å². The van der Waals surface area contributed by atoms with E-state index in [0.29, 0.717) is 0 Å². The maximum atomic E-state index is 15.4. The van der Waals surface area contributed by atoms with Crippen LogP contribution in [0.3, 0.4) is 0 Å². The molecule has 3 aromatic rings. The van der Waals surface area contributed by atoms with Crippen LogP contribution in [-0.4, -0.2) is 48.4 Å². The highest BCUT2D eigenvalue weighted by atomic mass is 79.9. The van der Waals surface area contributed by atoms with Gasteiger partial charge in [0.2, 0.25) is 5.91 Å².